The SMILES string of the molecule is O=C(c1cccc(NS(=O)(=O)c2cccc(F)c2)c1F)c1c[nH]c2ncncc12. The summed E-state index contributed by atoms with van der Waals surface area (Å²) in [6, 6.07) is 8.03. The second kappa shape index (κ2) is 7.06. The molecule has 10 heteroatoms. The lowest BCUT2D eigenvalue weighted by atomic mass is 10.0. The van der Waals surface area contributed by atoms with Gasteiger partial charge in [0.15, 0.2) is 11.6 Å². The predicted octanol–water partition coefficient (Wildman–Crippen LogP) is 3.27. The largest absolute Gasteiger partial charge is 0.345 e. The van der Waals surface area contributed by atoms with Gasteiger partial charge in [-0.2, -0.15) is 0 Å². The van der Waals surface area contributed by atoms with Gasteiger partial charge < -0.3 is 4.98 Å². The van der Waals surface area contributed by atoms with E-state index in [-0.39, 0.29) is 16.0 Å². The van der Waals surface area contributed by atoms with E-state index < -0.39 is 33.1 Å². The van der Waals surface area contributed by atoms with E-state index in [1.54, 1.807) is 0 Å². The quantitative estimate of drug-likeness (QED) is 0.488. The van der Waals surface area contributed by atoms with Crippen LogP contribution in [0.3, 0.4) is 0 Å². The van der Waals surface area contributed by atoms with Gasteiger partial charge in [-0.1, -0.05) is 12.1 Å². The van der Waals surface area contributed by atoms with E-state index in [9.17, 15) is 22.0 Å². The maximum absolute atomic E-state index is 15.0. The van der Waals surface area contributed by atoms with Gasteiger partial charge in [0.05, 0.1) is 21.7 Å². The number of fused-ring (bicyclic) bond motifs is 1. The number of anilines is 1. The molecule has 2 N–H and O–H groups in total. The monoisotopic (exact) mass is 414 g/mol. The van der Waals surface area contributed by atoms with Crippen molar-refractivity contribution < 1.29 is 22.0 Å². The van der Waals surface area contributed by atoms with Crippen molar-refractivity contribution in [2.24, 2.45) is 0 Å². The van der Waals surface area contributed by atoms with Gasteiger partial charge in [0.25, 0.3) is 10.0 Å². The van der Waals surface area contributed by atoms with Gasteiger partial charge in [0.1, 0.15) is 17.8 Å². The molecule has 0 bridgehead atoms. The number of nitrogens with zero attached hydrogens (tertiary/aromatic N) is 2. The summed E-state index contributed by atoms with van der Waals surface area (Å²) in [7, 11) is -4.26. The minimum absolute atomic E-state index is 0.143. The number of ketones is 1. The minimum atomic E-state index is -4.26. The standard InChI is InChI=1S/C19H12F2N4O3S/c20-11-3-1-4-12(7-11)29(27,28)25-16-6-2-5-13(17(16)21)18(26)14-9-23-19-15(14)8-22-10-24-19/h1-10,25H,(H,22,23,24). The van der Waals surface area contributed by atoms with Crippen molar-refractivity contribution in [1.29, 1.82) is 0 Å². The topological polar surface area (TPSA) is 105 Å². The van der Waals surface area contributed by atoms with Crippen LogP contribution >= 0.6 is 0 Å². The summed E-state index contributed by atoms with van der Waals surface area (Å²) in [6.45, 7) is 0. The first kappa shape index (κ1) is 18.7. The highest BCUT2D eigenvalue weighted by Gasteiger charge is 2.23. The summed E-state index contributed by atoms with van der Waals surface area (Å²) in [5.41, 5.74) is -0.221. The molecule has 146 valence electrons. The number of rotatable bonds is 5. The van der Waals surface area contributed by atoms with Gasteiger partial charge in [-0.3, -0.25) is 9.52 Å². The van der Waals surface area contributed by atoms with Crippen molar-refractivity contribution in [3.63, 3.8) is 0 Å². The van der Waals surface area contributed by atoms with Crippen molar-refractivity contribution in [3.05, 3.63) is 83.9 Å². The highest BCUT2D eigenvalue weighted by Crippen LogP contribution is 2.26. The number of hydrogen-bond acceptors (Lipinski definition) is 5. The summed E-state index contributed by atoms with van der Waals surface area (Å²) in [5.74, 6) is -2.47. The van der Waals surface area contributed by atoms with Gasteiger partial charge in [0.2, 0.25) is 0 Å². The molecule has 0 saturated heterocycles. The molecule has 4 rings (SSSR count). The molecular weight excluding hydrogens is 402 g/mol. The number of benzene rings is 2. The smallest absolute Gasteiger partial charge is 0.262 e. The first-order valence-electron chi connectivity index (χ1n) is 8.25. The average Bonchev–Trinajstić information content (AvgIpc) is 3.13. The summed E-state index contributed by atoms with van der Waals surface area (Å²) in [4.78, 5) is 23.1. The van der Waals surface area contributed by atoms with Crippen LogP contribution in [-0.4, -0.2) is 29.2 Å². The Morgan fingerprint density at radius 2 is 1.86 bits per heavy atom. The summed E-state index contributed by atoms with van der Waals surface area (Å²) in [6.07, 6.45) is 4.10. The van der Waals surface area contributed by atoms with Crippen LogP contribution in [0.25, 0.3) is 11.0 Å². The Morgan fingerprint density at radius 1 is 1.07 bits per heavy atom. The molecule has 0 amide bonds. The summed E-state index contributed by atoms with van der Waals surface area (Å²) in [5, 5.41) is 0.405. The number of carbonyl (C=O) groups excluding carboxylic acids is 1. The van der Waals surface area contributed by atoms with Crippen LogP contribution < -0.4 is 4.72 Å². The summed E-state index contributed by atoms with van der Waals surface area (Å²) < 4.78 is 55.3. The third kappa shape index (κ3) is 3.45. The molecule has 4 aromatic rings. The van der Waals surface area contributed by atoms with Crippen molar-refractivity contribution >= 4 is 32.5 Å². The lowest BCUT2D eigenvalue weighted by Gasteiger charge is -2.11. The molecule has 2 aromatic heterocycles. The van der Waals surface area contributed by atoms with E-state index >= 15 is 0 Å². The zero-order valence-electron chi connectivity index (χ0n) is 14.6. The van der Waals surface area contributed by atoms with Crippen molar-refractivity contribution in [2.75, 3.05) is 4.72 Å². The average molecular weight is 414 g/mol. The number of aromatic nitrogens is 3. The van der Waals surface area contributed by atoms with E-state index in [2.05, 4.69) is 19.7 Å². The molecule has 0 spiro atoms. The van der Waals surface area contributed by atoms with Gasteiger partial charge in [-0.25, -0.2) is 27.2 Å². The molecule has 0 radical (unpaired) electrons. The highest BCUT2D eigenvalue weighted by atomic mass is 32.2. The number of H-pyrrole nitrogens is 1. The number of sulfonamides is 1. The molecule has 0 unspecified atom stereocenters. The van der Waals surface area contributed by atoms with Crippen LogP contribution in [-0.2, 0) is 10.0 Å². The first-order valence-corrected chi connectivity index (χ1v) is 9.74. The number of nitrogens with one attached hydrogen (secondary N) is 2. The van der Waals surface area contributed by atoms with Crippen LogP contribution in [0.2, 0.25) is 0 Å². The molecule has 0 aliphatic rings. The second-order valence-corrected chi connectivity index (χ2v) is 7.73. The Bertz CT molecular complexity index is 1350. The zero-order valence-corrected chi connectivity index (χ0v) is 15.4. The molecule has 2 aromatic carbocycles. The Kier molecular flexibility index (Phi) is 4.55. The molecule has 0 aliphatic heterocycles. The molecule has 29 heavy (non-hydrogen) atoms. The number of aromatic amines is 1. The lowest BCUT2D eigenvalue weighted by Crippen LogP contribution is -2.15. The Labute approximate surface area is 163 Å². The van der Waals surface area contributed by atoms with Gasteiger partial charge in [0, 0.05) is 17.8 Å². The highest BCUT2D eigenvalue weighted by molar-refractivity contribution is 7.92. The van der Waals surface area contributed by atoms with Gasteiger partial charge in [-0.05, 0) is 30.3 Å². The fourth-order valence-corrected chi connectivity index (χ4v) is 3.91. The Hall–Kier alpha value is -3.66. The zero-order chi connectivity index (χ0) is 20.6. The van der Waals surface area contributed by atoms with E-state index in [1.165, 1.54) is 49.1 Å². The normalized spacial score (nSPS) is 11.5. The number of carbonyl (C=O) groups is 1. The van der Waals surface area contributed by atoms with Crippen LogP contribution in [0.1, 0.15) is 15.9 Å². The molecule has 2 heterocycles. The molecular formula is C19H12F2N4O3S. The van der Waals surface area contributed by atoms with Crippen molar-refractivity contribution in [3.8, 4) is 0 Å². The Morgan fingerprint density at radius 3 is 2.66 bits per heavy atom. The second-order valence-electron chi connectivity index (χ2n) is 6.05. The van der Waals surface area contributed by atoms with Crippen LogP contribution in [0.15, 0.2) is 66.1 Å². The lowest BCUT2D eigenvalue weighted by molar-refractivity contribution is 0.103. The van der Waals surface area contributed by atoms with Crippen LogP contribution in [0.5, 0.6) is 0 Å². The van der Waals surface area contributed by atoms with Crippen LogP contribution in [0, 0.1) is 11.6 Å². The fraction of sp³-hybridized carbons (Fsp3) is 0. The third-order valence-electron chi connectivity index (χ3n) is 4.19. The number of hydrogen-bond donors (Lipinski definition) is 2. The molecule has 0 aliphatic carbocycles. The van der Waals surface area contributed by atoms with E-state index in [0.717, 1.165) is 12.1 Å². The first-order chi connectivity index (χ1) is 13.9. The van der Waals surface area contributed by atoms with Gasteiger partial charge >= 0.3 is 0 Å². The maximum Gasteiger partial charge on any atom is 0.262 e. The van der Waals surface area contributed by atoms with E-state index in [0.29, 0.717) is 11.0 Å². The molecule has 0 fully saturated rings. The van der Waals surface area contributed by atoms with Crippen molar-refractivity contribution in [1.82, 2.24) is 15.0 Å². The number of halogens is 2. The molecule has 0 saturated carbocycles. The van der Waals surface area contributed by atoms with E-state index in [1.807, 2.05) is 0 Å². The molecule has 7 nitrogen and oxygen atoms in total. The summed E-state index contributed by atoms with van der Waals surface area (Å²) >= 11 is 0. The minimum Gasteiger partial charge on any atom is -0.345 e. The fourth-order valence-electron chi connectivity index (χ4n) is 2.82. The Balaban J connectivity index is 1.72. The predicted molar refractivity (Wildman–Crippen MR) is 101 cm³/mol. The van der Waals surface area contributed by atoms with Crippen LogP contribution in [0.4, 0.5) is 14.5 Å². The molecule has 0 atom stereocenters. The third-order valence-corrected chi connectivity index (χ3v) is 5.56. The van der Waals surface area contributed by atoms with Crippen molar-refractivity contribution in [2.45, 2.75) is 4.90 Å². The van der Waals surface area contributed by atoms with E-state index in [4.69, 9.17) is 0 Å². The van der Waals surface area contributed by atoms with Gasteiger partial charge in [-0.15, -0.1) is 0 Å². The maximum atomic E-state index is 15.0.